The number of benzene rings is 1. The van der Waals surface area contributed by atoms with Crippen LogP contribution in [0.5, 0.6) is 0 Å². The molecule has 1 fully saturated rings. The fourth-order valence-electron chi connectivity index (χ4n) is 3.79. The van der Waals surface area contributed by atoms with E-state index in [4.69, 9.17) is 4.42 Å². The molecular formula is C20H19N7O2. The highest BCUT2D eigenvalue weighted by Gasteiger charge is 2.36. The zero-order chi connectivity index (χ0) is 19.8. The van der Waals surface area contributed by atoms with Gasteiger partial charge < -0.3 is 14.6 Å². The Morgan fingerprint density at radius 1 is 1.31 bits per heavy atom. The van der Waals surface area contributed by atoms with Gasteiger partial charge >= 0.3 is 0 Å². The largest absolute Gasteiger partial charge is 0.444 e. The number of amides is 1. The van der Waals surface area contributed by atoms with Crippen molar-refractivity contribution in [2.75, 3.05) is 23.3 Å². The Bertz CT molecular complexity index is 1150. The molecule has 1 aromatic carbocycles. The average Bonchev–Trinajstić information content (AvgIpc) is 3.48. The molecule has 4 heterocycles. The molecule has 146 valence electrons. The lowest BCUT2D eigenvalue weighted by Crippen LogP contribution is -2.29. The van der Waals surface area contributed by atoms with E-state index in [9.17, 15) is 4.79 Å². The summed E-state index contributed by atoms with van der Waals surface area (Å²) >= 11 is 0. The molecule has 0 spiro atoms. The summed E-state index contributed by atoms with van der Waals surface area (Å²) in [6.07, 6.45) is 8.21. The van der Waals surface area contributed by atoms with Crippen LogP contribution in [0, 0.1) is 11.8 Å². The molecule has 0 radical (unpaired) electrons. The first-order chi connectivity index (χ1) is 14.2. The van der Waals surface area contributed by atoms with Crippen molar-refractivity contribution < 1.29 is 9.21 Å². The number of rotatable bonds is 4. The number of aromatic nitrogens is 5. The van der Waals surface area contributed by atoms with Crippen molar-refractivity contribution in [3.8, 4) is 11.3 Å². The minimum atomic E-state index is -0.158. The Morgan fingerprint density at radius 3 is 3.10 bits per heavy atom. The van der Waals surface area contributed by atoms with Crippen LogP contribution in [-0.4, -0.2) is 43.6 Å². The minimum absolute atomic E-state index is 0.0110. The molecule has 4 aromatic rings. The van der Waals surface area contributed by atoms with E-state index in [1.54, 1.807) is 18.7 Å². The van der Waals surface area contributed by atoms with Crippen LogP contribution in [0.15, 0.2) is 60.0 Å². The highest BCUT2D eigenvalue weighted by Crippen LogP contribution is 2.30. The van der Waals surface area contributed by atoms with Crippen molar-refractivity contribution in [1.82, 2.24) is 24.6 Å². The van der Waals surface area contributed by atoms with Gasteiger partial charge in [-0.2, -0.15) is 0 Å². The average molecular weight is 389 g/mol. The standard InChI is InChI=1S/C20H19N7O2/c1-13-9-27(18-19-25-23-11-26(19)6-5-22-18)10-16(13)20(28)24-15-4-2-3-14(7-15)17-8-21-12-29-17/h2-8,11-13,16H,9-10H2,1H3,(H,24,28)/t13-,16+/m1/s1. The van der Waals surface area contributed by atoms with Gasteiger partial charge in [0.2, 0.25) is 11.6 Å². The summed E-state index contributed by atoms with van der Waals surface area (Å²) < 4.78 is 7.17. The molecular weight excluding hydrogens is 370 g/mol. The molecule has 0 saturated carbocycles. The SMILES string of the molecule is C[C@@H]1CN(c2nccn3cnnc23)C[C@@H]1C(=O)Nc1cccc(-c2cnco2)c1. The van der Waals surface area contributed by atoms with Crippen LogP contribution in [0.3, 0.4) is 0 Å². The maximum absolute atomic E-state index is 13.0. The van der Waals surface area contributed by atoms with Crippen molar-refractivity contribution in [2.24, 2.45) is 11.8 Å². The molecule has 0 aliphatic carbocycles. The molecule has 0 bridgehead atoms. The second-order valence-corrected chi connectivity index (χ2v) is 7.24. The summed E-state index contributed by atoms with van der Waals surface area (Å²) in [5.74, 6) is 1.42. The monoisotopic (exact) mass is 389 g/mol. The van der Waals surface area contributed by atoms with Gasteiger partial charge in [-0.25, -0.2) is 9.97 Å². The maximum Gasteiger partial charge on any atom is 0.229 e. The predicted octanol–water partition coefficient (Wildman–Crippen LogP) is 2.49. The third-order valence-corrected chi connectivity index (χ3v) is 5.29. The first-order valence-corrected chi connectivity index (χ1v) is 9.38. The lowest BCUT2D eigenvalue weighted by atomic mass is 9.97. The topological polar surface area (TPSA) is 101 Å². The van der Waals surface area contributed by atoms with Crippen molar-refractivity contribution in [3.63, 3.8) is 0 Å². The number of hydrogen-bond donors (Lipinski definition) is 1. The van der Waals surface area contributed by atoms with E-state index >= 15 is 0 Å². The number of hydrogen-bond acceptors (Lipinski definition) is 7. The first-order valence-electron chi connectivity index (χ1n) is 9.38. The summed E-state index contributed by atoms with van der Waals surface area (Å²) in [7, 11) is 0. The molecule has 2 atom stereocenters. The quantitative estimate of drug-likeness (QED) is 0.572. The van der Waals surface area contributed by atoms with E-state index in [2.05, 4.69) is 37.3 Å². The summed E-state index contributed by atoms with van der Waals surface area (Å²) in [6.45, 7) is 3.39. The lowest BCUT2D eigenvalue weighted by Gasteiger charge is -2.17. The van der Waals surface area contributed by atoms with Crippen LogP contribution in [0.4, 0.5) is 11.5 Å². The van der Waals surface area contributed by atoms with Crippen LogP contribution in [0.25, 0.3) is 17.0 Å². The number of nitrogens with one attached hydrogen (secondary N) is 1. The zero-order valence-corrected chi connectivity index (χ0v) is 15.8. The third-order valence-electron chi connectivity index (χ3n) is 5.29. The maximum atomic E-state index is 13.0. The van der Waals surface area contributed by atoms with Gasteiger partial charge in [0, 0.05) is 36.7 Å². The molecule has 1 aliphatic heterocycles. The lowest BCUT2D eigenvalue weighted by molar-refractivity contribution is -0.120. The van der Waals surface area contributed by atoms with Crippen molar-refractivity contribution in [2.45, 2.75) is 6.92 Å². The molecule has 3 aromatic heterocycles. The normalized spacial score (nSPS) is 19.0. The van der Waals surface area contributed by atoms with E-state index in [1.807, 2.05) is 34.9 Å². The highest BCUT2D eigenvalue weighted by atomic mass is 16.3. The Kier molecular flexibility index (Phi) is 4.19. The summed E-state index contributed by atoms with van der Waals surface area (Å²) in [4.78, 5) is 23.5. The Morgan fingerprint density at radius 2 is 2.24 bits per heavy atom. The number of nitrogens with zero attached hydrogens (tertiary/aromatic N) is 6. The molecule has 1 amide bonds. The van der Waals surface area contributed by atoms with E-state index in [0.717, 1.165) is 23.6 Å². The van der Waals surface area contributed by atoms with Gasteiger partial charge in [-0.05, 0) is 18.1 Å². The summed E-state index contributed by atoms with van der Waals surface area (Å²) in [6, 6.07) is 7.55. The van der Waals surface area contributed by atoms with Crippen LogP contribution >= 0.6 is 0 Å². The fraction of sp³-hybridized carbons (Fsp3) is 0.250. The number of anilines is 2. The molecule has 0 unspecified atom stereocenters. The molecule has 1 saturated heterocycles. The van der Waals surface area contributed by atoms with Crippen LogP contribution < -0.4 is 10.2 Å². The second kappa shape index (κ2) is 7.01. The molecule has 1 aliphatic rings. The second-order valence-electron chi connectivity index (χ2n) is 7.24. The van der Waals surface area contributed by atoms with Gasteiger partial charge in [-0.3, -0.25) is 9.20 Å². The number of fused-ring (bicyclic) bond motifs is 1. The Hall–Kier alpha value is -3.75. The molecule has 5 rings (SSSR count). The van der Waals surface area contributed by atoms with Gasteiger partial charge in [0.25, 0.3) is 0 Å². The predicted molar refractivity (Wildman–Crippen MR) is 106 cm³/mol. The Balaban J connectivity index is 1.33. The summed E-state index contributed by atoms with van der Waals surface area (Å²) in [5.41, 5.74) is 2.29. The number of oxazole rings is 1. The van der Waals surface area contributed by atoms with Crippen LogP contribution in [0.1, 0.15) is 6.92 Å². The van der Waals surface area contributed by atoms with E-state index < -0.39 is 0 Å². The van der Waals surface area contributed by atoms with Crippen molar-refractivity contribution >= 4 is 23.1 Å². The number of carbonyl (C=O) groups excluding carboxylic acids is 1. The van der Waals surface area contributed by atoms with Crippen LogP contribution in [-0.2, 0) is 4.79 Å². The Labute approximate surface area is 166 Å². The van der Waals surface area contributed by atoms with E-state index in [-0.39, 0.29) is 17.7 Å². The fourth-order valence-corrected chi connectivity index (χ4v) is 3.79. The van der Waals surface area contributed by atoms with Gasteiger partial charge in [0.05, 0.1) is 12.1 Å². The zero-order valence-electron chi connectivity index (χ0n) is 15.8. The summed E-state index contributed by atoms with van der Waals surface area (Å²) in [5, 5.41) is 11.1. The van der Waals surface area contributed by atoms with Gasteiger partial charge in [0.1, 0.15) is 6.33 Å². The molecule has 9 nitrogen and oxygen atoms in total. The first kappa shape index (κ1) is 17.4. The molecule has 1 N–H and O–H groups in total. The van der Waals surface area contributed by atoms with Crippen LogP contribution in [0.2, 0.25) is 0 Å². The molecule has 9 heteroatoms. The van der Waals surface area contributed by atoms with Gasteiger partial charge in [-0.1, -0.05) is 19.1 Å². The van der Waals surface area contributed by atoms with Gasteiger partial charge in [-0.15, -0.1) is 10.2 Å². The van der Waals surface area contributed by atoms with E-state index in [1.165, 1.54) is 6.39 Å². The smallest absolute Gasteiger partial charge is 0.229 e. The van der Waals surface area contributed by atoms with E-state index in [0.29, 0.717) is 18.0 Å². The van der Waals surface area contributed by atoms with Crippen molar-refractivity contribution in [3.05, 3.63) is 55.6 Å². The minimum Gasteiger partial charge on any atom is -0.444 e. The molecule has 29 heavy (non-hydrogen) atoms. The van der Waals surface area contributed by atoms with Gasteiger partial charge in [0.15, 0.2) is 18.0 Å². The number of carbonyl (C=O) groups is 1. The third kappa shape index (κ3) is 3.20. The van der Waals surface area contributed by atoms with Crippen molar-refractivity contribution in [1.29, 1.82) is 0 Å². The highest BCUT2D eigenvalue weighted by molar-refractivity contribution is 5.94.